The van der Waals surface area contributed by atoms with Crippen LogP contribution in [0.15, 0.2) is 39.3 Å². The van der Waals surface area contributed by atoms with Crippen LogP contribution >= 0.6 is 31.9 Å². The van der Waals surface area contributed by atoms with Crippen molar-refractivity contribution in [1.82, 2.24) is 5.32 Å². The van der Waals surface area contributed by atoms with Gasteiger partial charge in [-0.15, -0.1) is 0 Å². The van der Waals surface area contributed by atoms with E-state index in [4.69, 9.17) is 0 Å². The molecule has 0 aromatic heterocycles. The van der Waals surface area contributed by atoms with Gasteiger partial charge in [0.25, 0.3) is 0 Å². The number of hydrogen-bond acceptors (Lipinski definition) is 1. The highest BCUT2D eigenvalue weighted by Crippen LogP contribution is 2.33. The predicted molar refractivity (Wildman–Crippen MR) is 83.8 cm³/mol. The van der Waals surface area contributed by atoms with E-state index in [9.17, 15) is 8.78 Å². The van der Waals surface area contributed by atoms with Gasteiger partial charge in [-0.1, -0.05) is 22.0 Å². The summed E-state index contributed by atoms with van der Waals surface area (Å²) in [7, 11) is 1.69. The van der Waals surface area contributed by atoms with E-state index in [1.807, 2.05) is 25.1 Å². The van der Waals surface area contributed by atoms with E-state index in [2.05, 4.69) is 37.2 Å². The molecule has 0 radical (unpaired) electrons. The fourth-order valence-corrected chi connectivity index (χ4v) is 2.91. The largest absolute Gasteiger partial charge is 0.309 e. The molecule has 1 nitrogen and oxygen atoms in total. The Balaban J connectivity index is 2.64. The van der Waals surface area contributed by atoms with Crippen LogP contribution in [0.1, 0.15) is 22.7 Å². The summed E-state index contributed by atoms with van der Waals surface area (Å²) >= 11 is 6.50. The third-order valence-corrected chi connectivity index (χ3v) is 4.31. The van der Waals surface area contributed by atoms with Crippen molar-refractivity contribution < 1.29 is 8.78 Å². The van der Waals surface area contributed by atoms with Crippen LogP contribution in [0, 0.1) is 18.6 Å². The van der Waals surface area contributed by atoms with E-state index in [1.165, 1.54) is 12.1 Å². The summed E-state index contributed by atoms with van der Waals surface area (Å²) < 4.78 is 29.5. The summed E-state index contributed by atoms with van der Waals surface area (Å²) in [5, 5.41) is 2.99. The SMILES string of the molecule is CNC(c1cc(Br)ccc1C)c1c(F)ccc(Br)c1F. The van der Waals surface area contributed by atoms with Crippen LogP contribution < -0.4 is 5.32 Å². The van der Waals surface area contributed by atoms with Crippen LogP contribution in [-0.2, 0) is 0 Å². The van der Waals surface area contributed by atoms with E-state index in [-0.39, 0.29) is 10.0 Å². The minimum atomic E-state index is -0.580. The lowest BCUT2D eigenvalue weighted by molar-refractivity contribution is 0.518. The maximum Gasteiger partial charge on any atom is 0.145 e. The number of halogens is 4. The second-order valence-corrected chi connectivity index (χ2v) is 6.25. The molecule has 0 bridgehead atoms. The van der Waals surface area contributed by atoms with E-state index < -0.39 is 17.7 Å². The van der Waals surface area contributed by atoms with Gasteiger partial charge in [-0.3, -0.25) is 0 Å². The highest BCUT2D eigenvalue weighted by molar-refractivity contribution is 9.10. The smallest absolute Gasteiger partial charge is 0.145 e. The van der Waals surface area contributed by atoms with Crippen LogP contribution in [0.25, 0.3) is 0 Å². The van der Waals surface area contributed by atoms with Crippen molar-refractivity contribution in [2.45, 2.75) is 13.0 Å². The summed E-state index contributed by atoms with van der Waals surface area (Å²) in [6.45, 7) is 1.92. The van der Waals surface area contributed by atoms with Gasteiger partial charge < -0.3 is 5.32 Å². The standard InChI is InChI=1S/C15H13Br2F2N/c1-8-3-4-9(16)7-10(8)15(20-2)13-12(18)6-5-11(17)14(13)19/h3-7,15,20H,1-2H3. The summed E-state index contributed by atoms with van der Waals surface area (Å²) in [6, 6.07) is 7.77. The van der Waals surface area contributed by atoms with E-state index in [1.54, 1.807) is 7.05 Å². The Bertz CT molecular complexity index is 644. The monoisotopic (exact) mass is 403 g/mol. The molecule has 106 valence electrons. The van der Waals surface area contributed by atoms with Crippen molar-refractivity contribution in [2.24, 2.45) is 0 Å². The zero-order valence-electron chi connectivity index (χ0n) is 11.0. The van der Waals surface area contributed by atoms with Gasteiger partial charge in [0.15, 0.2) is 0 Å². The van der Waals surface area contributed by atoms with E-state index in [0.29, 0.717) is 0 Å². The van der Waals surface area contributed by atoms with Crippen LogP contribution in [0.2, 0.25) is 0 Å². The zero-order chi connectivity index (χ0) is 14.9. The first-order chi connectivity index (χ1) is 9.45. The molecule has 0 spiro atoms. The van der Waals surface area contributed by atoms with Gasteiger partial charge >= 0.3 is 0 Å². The van der Waals surface area contributed by atoms with E-state index >= 15 is 0 Å². The van der Waals surface area contributed by atoms with Gasteiger partial charge in [0.2, 0.25) is 0 Å². The molecule has 1 atom stereocenters. The van der Waals surface area contributed by atoms with Crippen molar-refractivity contribution in [3.63, 3.8) is 0 Å². The summed E-state index contributed by atoms with van der Waals surface area (Å²) in [6.07, 6.45) is 0. The maximum atomic E-state index is 14.3. The quantitative estimate of drug-likeness (QED) is 0.701. The molecule has 1 unspecified atom stereocenters. The summed E-state index contributed by atoms with van der Waals surface area (Å²) in [5.41, 5.74) is 1.81. The Hall–Kier alpha value is -0.780. The van der Waals surface area contributed by atoms with E-state index in [0.717, 1.165) is 15.6 Å². The van der Waals surface area contributed by atoms with Gasteiger partial charge in [0, 0.05) is 10.0 Å². The lowest BCUT2D eigenvalue weighted by Gasteiger charge is -2.21. The third kappa shape index (κ3) is 2.95. The molecule has 1 N–H and O–H groups in total. The van der Waals surface area contributed by atoms with Crippen LogP contribution in [0.4, 0.5) is 8.78 Å². The van der Waals surface area contributed by atoms with Crippen LogP contribution in [0.5, 0.6) is 0 Å². The number of hydrogen-bond donors (Lipinski definition) is 1. The second-order valence-electron chi connectivity index (χ2n) is 4.48. The highest BCUT2D eigenvalue weighted by Gasteiger charge is 2.23. The Labute approximate surface area is 133 Å². The fourth-order valence-electron chi connectivity index (χ4n) is 2.19. The van der Waals surface area contributed by atoms with Crippen molar-refractivity contribution in [3.05, 3.63) is 67.6 Å². The van der Waals surface area contributed by atoms with Crippen molar-refractivity contribution >= 4 is 31.9 Å². The molecule has 0 aliphatic heterocycles. The molecular weight excluding hydrogens is 392 g/mol. The molecule has 0 heterocycles. The minimum absolute atomic E-state index is 0.0167. The Kier molecular flexibility index (Phi) is 4.94. The number of benzene rings is 2. The summed E-state index contributed by atoms with van der Waals surface area (Å²) in [4.78, 5) is 0. The average Bonchev–Trinajstić information content (AvgIpc) is 2.42. The maximum absolute atomic E-state index is 14.3. The third-order valence-electron chi connectivity index (χ3n) is 3.21. The molecule has 20 heavy (non-hydrogen) atoms. The first-order valence-corrected chi connectivity index (χ1v) is 7.61. The highest BCUT2D eigenvalue weighted by atomic mass is 79.9. The van der Waals surface area contributed by atoms with Gasteiger partial charge in [-0.25, -0.2) is 8.78 Å². The summed E-state index contributed by atoms with van der Waals surface area (Å²) in [5.74, 6) is -1.15. The molecule has 2 rings (SSSR count). The predicted octanol–water partition coefficient (Wildman–Crippen LogP) is 5.11. The fraction of sp³-hybridized carbons (Fsp3) is 0.200. The van der Waals surface area contributed by atoms with Crippen LogP contribution in [-0.4, -0.2) is 7.05 Å². The molecule has 0 aliphatic rings. The molecule has 0 aliphatic carbocycles. The molecule has 2 aromatic rings. The Morgan fingerprint density at radius 3 is 2.45 bits per heavy atom. The van der Waals surface area contributed by atoms with Gasteiger partial charge in [0.05, 0.1) is 10.5 Å². The van der Waals surface area contributed by atoms with Crippen molar-refractivity contribution in [3.8, 4) is 0 Å². The molecule has 0 saturated heterocycles. The number of aryl methyl sites for hydroxylation is 1. The molecular formula is C15H13Br2F2N. The lowest BCUT2D eigenvalue weighted by Crippen LogP contribution is -2.21. The minimum Gasteiger partial charge on any atom is -0.309 e. The zero-order valence-corrected chi connectivity index (χ0v) is 14.1. The Morgan fingerprint density at radius 2 is 1.80 bits per heavy atom. The van der Waals surface area contributed by atoms with Crippen molar-refractivity contribution in [1.29, 1.82) is 0 Å². The topological polar surface area (TPSA) is 12.0 Å². The normalized spacial score (nSPS) is 12.5. The molecule has 0 fully saturated rings. The second kappa shape index (κ2) is 6.33. The molecule has 5 heteroatoms. The first-order valence-electron chi connectivity index (χ1n) is 6.02. The Morgan fingerprint density at radius 1 is 1.10 bits per heavy atom. The number of nitrogens with one attached hydrogen (secondary N) is 1. The molecule has 0 amide bonds. The van der Waals surface area contributed by atoms with Gasteiger partial charge in [-0.05, 0) is 65.3 Å². The van der Waals surface area contributed by atoms with Crippen molar-refractivity contribution in [2.75, 3.05) is 7.05 Å². The van der Waals surface area contributed by atoms with Gasteiger partial charge in [0.1, 0.15) is 11.6 Å². The molecule has 2 aromatic carbocycles. The van der Waals surface area contributed by atoms with Crippen LogP contribution in [0.3, 0.4) is 0 Å². The first kappa shape index (κ1) is 15.6. The van der Waals surface area contributed by atoms with Gasteiger partial charge in [-0.2, -0.15) is 0 Å². The average molecular weight is 405 g/mol. The lowest BCUT2D eigenvalue weighted by atomic mass is 9.94. The molecule has 0 saturated carbocycles. The number of rotatable bonds is 3.